The lowest BCUT2D eigenvalue weighted by molar-refractivity contribution is 0.592. The van der Waals surface area contributed by atoms with E-state index in [0.717, 1.165) is 22.1 Å². The van der Waals surface area contributed by atoms with Gasteiger partial charge >= 0.3 is 0 Å². The summed E-state index contributed by atoms with van der Waals surface area (Å²) in [6.07, 6.45) is 0.127. The van der Waals surface area contributed by atoms with Crippen LogP contribution in [0.2, 0.25) is 5.02 Å². The van der Waals surface area contributed by atoms with E-state index in [9.17, 15) is 0 Å². The third-order valence-corrected chi connectivity index (χ3v) is 6.56. The highest BCUT2D eigenvalue weighted by molar-refractivity contribution is 7.17. The SMILES string of the molecule is Cc1sc2c(c1C)C(c1ccc(Cl)cc1)=NC(C(C)C)C1=NNC(C)N12. The summed E-state index contributed by atoms with van der Waals surface area (Å²) in [5.41, 5.74) is 7.90. The van der Waals surface area contributed by atoms with Crippen molar-refractivity contribution < 1.29 is 0 Å². The number of anilines is 1. The van der Waals surface area contributed by atoms with Crippen LogP contribution in [0, 0.1) is 19.8 Å². The number of hydrogen-bond donors (Lipinski definition) is 1. The van der Waals surface area contributed by atoms with Crippen molar-refractivity contribution in [3.05, 3.63) is 50.9 Å². The van der Waals surface area contributed by atoms with Gasteiger partial charge in [0, 0.05) is 21.0 Å². The first-order valence-electron chi connectivity index (χ1n) is 8.95. The molecule has 0 amide bonds. The number of aliphatic imine (C=N–C) groups is 1. The van der Waals surface area contributed by atoms with Gasteiger partial charge in [-0.3, -0.25) is 15.3 Å². The molecule has 2 aromatic rings. The van der Waals surface area contributed by atoms with Crippen molar-refractivity contribution >= 4 is 39.5 Å². The van der Waals surface area contributed by atoms with Crippen LogP contribution in [-0.2, 0) is 0 Å². The molecule has 2 unspecified atom stereocenters. The minimum atomic E-state index is 0.0115. The molecule has 6 heteroatoms. The fourth-order valence-corrected chi connectivity index (χ4v) is 4.92. The monoisotopic (exact) mass is 386 g/mol. The average Bonchev–Trinajstić information content (AvgIpc) is 3.05. The third kappa shape index (κ3) is 2.65. The number of rotatable bonds is 2. The van der Waals surface area contributed by atoms with Crippen LogP contribution in [-0.4, -0.2) is 23.8 Å². The number of nitrogens with one attached hydrogen (secondary N) is 1. The van der Waals surface area contributed by atoms with Crippen LogP contribution < -0.4 is 10.3 Å². The highest BCUT2D eigenvalue weighted by atomic mass is 35.5. The molecule has 26 heavy (non-hydrogen) atoms. The van der Waals surface area contributed by atoms with Gasteiger partial charge in [0.05, 0.1) is 5.71 Å². The van der Waals surface area contributed by atoms with Gasteiger partial charge in [0.25, 0.3) is 0 Å². The van der Waals surface area contributed by atoms with Crippen molar-refractivity contribution in [2.24, 2.45) is 16.0 Å². The van der Waals surface area contributed by atoms with Crippen molar-refractivity contribution in [1.82, 2.24) is 5.43 Å². The van der Waals surface area contributed by atoms with Crippen LogP contribution in [0.25, 0.3) is 0 Å². The zero-order valence-electron chi connectivity index (χ0n) is 15.7. The molecule has 2 aliphatic heterocycles. The van der Waals surface area contributed by atoms with Crippen LogP contribution in [0.4, 0.5) is 5.00 Å². The summed E-state index contributed by atoms with van der Waals surface area (Å²) < 4.78 is 0. The molecule has 1 N–H and O–H groups in total. The molecular formula is C20H23ClN4S. The molecule has 0 aliphatic carbocycles. The molecular weight excluding hydrogens is 364 g/mol. The number of hydrazone groups is 1. The van der Waals surface area contributed by atoms with E-state index in [1.54, 1.807) is 0 Å². The molecule has 1 aromatic carbocycles. The van der Waals surface area contributed by atoms with Crippen molar-refractivity contribution in [2.75, 3.05) is 4.90 Å². The second kappa shape index (κ2) is 6.39. The lowest BCUT2D eigenvalue weighted by Crippen LogP contribution is -2.42. The first kappa shape index (κ1) is 17.6. The molecule has 0 saturated heterocycles. The first-order chi connectivity index (χ1) is 12.4. The fourth-order valence-electron chi connectivity index (χ4n) is 3.55. The second-order valence-electron chi connectivity index (χ2n) is 7.28. The first-order valence-corrected chi connectivity index (χ1v) is 10.1. The van der Waals surface area contributed by atoms with Gasteiger partial charge in [0.15, 0.2) is 5.84 Å². The van der Waals surface area contributed by atoms with E-state index in [4.69, 9.17) is 16.6 Å². The van der Waals surface area contributed by atoms with E-state index >= 15 is 0 Å². The maximum Gasteiger partial charge on any atom is 0.156 e. The molecule has 0 bridgehead atoms. The molecule has 2 atom stereocenters. The maximum absolute atomic E-state index is 6.12. The van der Waals surface area contributed by atoms with Crippen molar-refractivity contribution in [1.29, 1.82) is 0 Å². The second-order valence-corrected chi connectivity index (χ2v) is 8.92. The largest absolute Gasteiger partial charge is 0.295 e. The highest BCUT2D eigenvalue weighted by Crippen LogP contribution is 2.42. The predicted octanol–water partition coefficient (Wildman–Crippen LogP) is 4.96. The van der Waals surface area contributed by atoms with Gasteiger partial charge in [-0.15, -0.1) is 11.3 Å². The Hall–Kier alpha value is -1.85. The number of aryl methyl sites for hydroxylation is 1. The number of fused-ring (bicyclic) bond motifs is 3. The number of amidine groups is 1. The Morgan fingerprint density at radius 1 is 1.19 bits per heavy atom. The average molecular weight is 387 g/mol. The summed E-state index contributed by atoms with van der Waals surface area (Å²) in [6.45, 7) is 10.9. The van der Waals surface area contributed by atoms with Crippen LogP contribution in [0.3, 0.4) is 0 Å². The number of hydrogen-bond acceptors (Lipinski definition) is 5. The summed E-state index contributed by atoms with van der Waals surface area (Å²) in [7, 11) is 0. The molecule has 1 aromatic heterocycles. The zero-order chi connectivity index (χ0) is 18.6. The number of halogens is 1. The molecule has 0 fully saturated rings. The van der Waals surface area contributed by atoms with Gasteiger partial charge < -0.3 is 0 Å². The summed E-state index contributed by atoms with van der Waals surface area (Å²) in [6, 6.07) is 8.01. The summed E-state index contributed by atoms with van der Waals surface area (Å²) in [5, 5.41) is 6.62. The van der Waals surface area contributed by atoms with E-state index < -0.39 is 0 Å². The van der Waals surface area contributed by atoms with Crippen LogP contribution in [0.15, 0.2) is 34.4 Å². The van der Waals surface area contributed by atoms with Crippen molar-refractivity contribution in [3.8, 4) is 0 Å². The third-order valence-electron chi connectivity index (χ3n) is 5.10. The van der Waals surface area contributed by atoms with Crippen LogP contribution >= 0.6 is 22.9 Å². The topological polar surface area (TPSA) is 40.0 Å². The van der Waals surface area contributed by atoms with E-state index in [1.807, 2.05) is 23.5 Å². The van der Waals surface area contributed by atoms with Gasteiger partial charge in [-0.1, -0.05) is 37.6 Å². The lowest BCUT2D eigenvalue weighted by atomic mass is 9.99. The summed E-state index contributed by atoms with van der Waals surface area (Å²) in [5.74, 6) is 1.36. The summed E-state index contributed by atoms with van der Waals surface area (Å²) >= 11 is 7.95. The molecule has 3 heterocycles. The molecule has 2 aliphatic rings. The Balaban J connectivity index is 2.00. The standard InChI is InChI=1S/C20H23ClN4S/c1-10(2)17-19-24-23-13(5)25(19)20-16(11(3)12(4)26-20)18(22-17)14-6-8-15(21)9-7-14/h6-10,13,17,23H,1-5H3. The number of nitrogens with zero attached hydrogens (tertiary/aromatic N) is 3. The Morgan fingerprint density at radius 2 is 1.88 bits per heavy atom. The molecule has 0 saturated carbocycles. The van der Waals surface area contributed by atoms with Crippen LogP contribution in [0.5, 0.6) is 0 Å². The minimum absolute atomic E-state index is 0.0115. The minimum Gasteiger partial charge on any atom is -0.295 e. The van der Waals surface area contributed by atoms with Gasteiger partial charge in [-0.25, -0.2) is 0 Å². The predicted molar refractivity (Wildman–Crippen MR) is 112 cm³/mol. The quantitative estimate of drug-likeness (QED) is 0.792. The van der Waals surface area contributed by atoms with Gasteiger partial charge in [-0.2, -0.15) is 5.10 Å². The molecule has 136 valence electrons. The molecule has 0 spiro atoms. The van der Waals surface area contributed by atoms with Gasteiger partial charge in [-0.05, 0) is 44.4 Å². The van der Waals surface area contributed by atoms with E-state index in [0.29, 0.717) is 5.92 Å². The molecule has 0 radical (unpaired) electrons. The zero-order valence-corrected chi connectivity index (χ0v) is 17.2. The van der Waals surface area contributed by atoms with E-state index in [-0.39, 0.29) is 12.2 Å². The lowest BCUT2D eigenvalue weighted by Gasteiger charge is -2.26. The Morgan fingerprint density at radius 3 is 2.54 bits per heavy atom. The molecule has 4 nitrogen and oxygen atoms in total. The van der Waals surface area contributed by atoms with Crippen molar-refractivity contribution in [2.45, 2.75) is 46.8 Å². The fraction of sp³-hybridized carbons (Fsp3) is 0.400. The van der Waals surface area contributed by atoms with Gasteiger partial charge in [0.1, 0.15) is 17.2 Å². The van der Waals surface area contributed by atoms with E-state index in [1.165, 1.54) is 21.0 Å². The Kier molecular flexibility index (Phi) is 4.32. The highest BCUT2D eigenvalue weighted by Gasteiger charge is 2.39. The maximum atomic E-state index is 6.12. The summed E-state index contributed by atoms with van der Waals surface area (Å²) in [4.78, 5) is 8.88. The number of benzene rings is 1. The Labute approximate surface area is 163 Å². The van der Waals surface area contributed by atoms with Crippen LogP contribution in [0.1, 0.15) is 42.3 Å². The normalized spacial score (nSPS) is 21.7. The smallest absolute Gasteiger partial charge is 0.156 e. The molecule has 4 rings (SSSR count). The van der Waals surface area contributed by atoms with Gasteiger partial charge in [0.2, 0.25) is 0 Å². The number of thiophene rings is 1. The van der Waals surface area contributed by atoms with Crippen molar-refractivity contribution in [3.63, 3.8) is 0 Å². The Bertz CT molecular complexity index is 911. The van der Waals surface area contributed by atoms with E-state index in [2.05, 4.69) is 62.2 Å².